The summed E-state index contributed by atoms with van der Waals surface area (Å²) in [6.45, 7) is 3.52. The lowest BCUT2D eigenvalue weighted by molar-refractivity contribution is 0.153. The first-order valence-electron chi connectivity index (χ1n) is 13.9. The molecule has 0 spiro atoms. The van der Waals surface area contributed by atoms with E-state index in [0.29, 0.717) is 53.5 Å². The van der Waals surface area contributed by atoms with Gasteiger partial charge >= 0.3 is 6.09 Å². The lowest BCUT2D eigenvalue weighted by Gasteiger charge is -2.33. The highest BCUT2D eigenvalue weighted by Gasteiger charge is 2.38. The third-order valence-corrected chi connectivity index (χ3v) is 9.03. The molecule has 12 heteroatoms. The Morgan fingerprint density at radius 2 is 2.07 bits per heavy atom. The van der Waals surface area contributed by atoms with Crippen LogP contribution in [-0.4, -0.2) is 69.5 Å². The number of fused-ring (bicyclic) bond motifs is 2. The van der Waals surface area contributed by atoms with Crippen molar-refractivity contribution in [3.05, 3.63) is 74.8 Å². The van der Waals surface area contributed by atoms with E-state index in [1.165, 1.54) is 11.3 Å². The minimum Gasteiger partial charge on any atom is -0.447 e. The summed E-state index contributed by atoms with van der Waals surface area (Å²) in [5.41, 5.74) is 3.41. The number of carbonyl (C=O) groups is 1. The largest absolute Gasteiger partial charge is 0.447 e. The van der Waals surface area contributed by atoms with Crippen LogP contribution >= 0.6 is 11.3 Å². The van der Waals surface area contributed by atoms with Gasteiger partial charge in [0.15, 0.2) is 0 Å². The molecule has 0 saturated carbocycles. The number of rotatable bonds is 8. The van der Waals surface area contributed by atoms with E-state index in [0.717, 1.165) is 34.5 Å². The summed E-state index contributed by atoms with van der Waals surface area (Å²) in [6, 6.07) is 13.1. The number of benzene rings is 2. The van der Waals surface area contributed by atoms with E-state index in [1.54, 1.807) is 34.8 Å². The number of piperidine rings is 1. The number of aromatic nitrogens is 3. The summed E-state index contributed by atoms with van der Waals surface area (Å²) in [5.74, 6) is 0.575. The molecule has 216 valence electrons. The van der Waals surface area contributed by atoms with Crippen LogP contribution in [-0.2, 0) is 11.3 Å². The lowest BCUT2D eigenvalue weighted by Crippen LogP contribution is -2.45. The quantitative estimate of drug-likeness (QED) is 0.283. The minimum absolute atomic E-state index is 0.0183. The van der Waals surface area contributed by atoms with Crippen molar-refractivity contribution >= 4 is 34.0 Å². The number of aliphatic hydroxyl groups is 1. The Morgan fingerprint density at radius 1 is 1.26 bits per heavy atom. The Morgan fingerprint density at radius 3 is 2.83 bits per heavy atom. The number of hydrogen-bond acceptors (Lipinski definition) is 10. The van der Waals surface area contributed by atoms with E-state index in [2.05, 4.69) is 21.7 Å². The van der Waals surface area contributed by atoms with Crippen LogP contribution in [0.15, 0.2) is 47.4 Å². The van der Waals surface area contributed by atoms with E-state index in [4.69, 9.17) is 15.0 Å². The molecule has 2 aliphatic heterocycles. The summed E-state index contributed by atoms with van der Waals surface area (Å²) in [7, 11) is 1.78. The van der Waals surface area contributed by atoms with Crippen molar-refractivity contribution in [2.45, 2.75) is 44.5 Å². The molecule has 2 aliphatic rings. The SMILES string of the molecule is CNC[C@@H](O)c1cnc(-c2cc3nc(C)n(Cc4ccc(C#N)cc4)c(=O)c3cc2N[C@H]2CCN3C(=O)OC[C@@H]3C2)s1. The number of anilines is 1. The lowest BCUT2D eigenvalue weighted by atomic mass is 9.97. The van der Waals surface area contributed by atoms with Gasteiger partial charge in [0, 0.05) is 36.6 Å². The predicted octanol–water partition coefficient (Wildman–Crippen LogP) is 3.40. The van der Waals surface area contributed by atoms with Crippen molar-refractivity contribution in [2.24, 2.45) is 0 Å². The van der Waals surface area contributed by atoms with Crippen LogP contribution in [0.25, 0.3) is 21.5 Å². The monoisotopic (exact) mass is 585 g/mol. The second-order valence-electron chi connectivity index (χ2n) is 10.7. The van der Waals surface area contributed by atoms with Crippen molar-refractivity contribution in [3.63, 3.8) is 0 Å². The van der Waals surface area contributed by atoms with E-state index in [1.807, 2.05) is 31.2 Å². The molecule has 3 atom stereocenters. The van der Waals surface area contributed by atoms with E-state index in [-0.39, 0.29) is 23.7 Å². The highest BCUT2D eigenvalue weighted by molar-refractivity contribution is 7.15. The summed E-state index contributed by atoms with van der Waals surface area (Å²) < 4.78 is 6.89. The van der Waals surface area contributed by atoms with E-state index in [9.17, 15) is 14.7 Å². The Hall–Kier alpha value is -4.31. The van der Waals surface area contributed by atoms with Crippen molar-refractivity contribution < 1.29 is 14.6 Å². The molecular weight excluding hydrogens is 554 g/mol. The fourth-order valence-electron chi connectivity index (χ4n) is 5.64. The average molecular weight is 586 g/mol. The van der Waals surface area contributed by atoms with Crippen LogP contribution in [0.4, 0.5) is 10.5 Å². The number of nitrogens with zero attached hydrogens (tertiary/aromatic N) is 5. The first-order valence-corrected chi connectivity index (χ1v) is 14.7. The highest BCUT2D eigenvalue weighted by atomic mass is 32.1. The third kappa shape index (κ3) is 5.34. The van der Waals surface area contributed by atoms with Crippen molar-refractivity contribution in [1.82, 2.24) is 24.8 Å². The van der Waals surface area contributed by atoms with Gasteiger partial charge in [0.25, 0.3) is 5.56 Å². The van der Waals surface area contributed by atoms with Crippen LogP contribution in [0.3, 0.4) is 0 Å². The smallest absolute Gasteiger partial charge is 0.410 e. The summed E-state index contributed by atoms with van der Waals surface area (Å²) in [4.78, 5) is 37.8. The van der Waals surface area contributed by atoms with E-state index >= 15 is 0 Å². The number of aliphatic hydroxyl groups excluding tert-OH is 1. The molecule has 2 fully saturated rings. The maximum atomic E-state index is 13.8. The zero-order valence-corrected chi connectivity index (χ0v) is 24.1. The standard InChI is InChI=1S/C30H31N7O4S/c1-17-34-25-10-22(28-33-14-27(42-28)26(38)13-32-2)24(35-20-7-8-36-21(9-20)16-41-30(36)40)11-23(25)29(39)37(17)15-19-5-3-18(12-31)4-6-19/h3-6,10-11,14,20-21,26,32,35,38H,7-9,13,15-16H2,1-2H3/t20-,21-,26+/m0/s1. The Bertz CT molecular complexity index is 1740. The Labute approximate surface area is 246 Å². The molecule has 4 aromatic rings. The second-order valence-corrected chi connectivity index (χ2v) is 11.8. The molecule has 0 radical (unpaired) electrons. The number of aryl methyl sites for hydroxylation is 1. The molecule has 11 nitrogen and oxygen atoms in total. The van der Waals surface area contributed by atoms with Crippen LogP contribution in [0, 0.1) is 18.3 Å². The zero-order chi connectivity index (χ0) is 29.4. The van der Waals surface area contributed by atoms with Crippen molar-refractivity contribution in [3.8, 4) is 16.6 Å². The average Bonchev–Trinajstić information content (AvgIpc) is 3.63. The predicted molar refractivity (Wildman–Crippen MR) is 159 cm³/mol. The van der Waals surface area contributed by atoms with Crippen LogP contribution in [0.5, 0.6) is 0 Å². The van der Waals surface area contributed by atoms with E-state index < -0.39 is 6.10 Å². The van der Waals surface area contributed by atoms with Gasteiger partial charge in [-0.25, -0.2) is 14.8 Å². The molecule has 0 unspecified atom stereocenters. The number of nitrogens with one attached hydrogen (secondary N) is 2. The van der Waals surface area contributed by atoms with Crippen LogP contribution in [0.1, 0.15) is 40.8 Å². The number of thiazole rings is 1. The number of cyclic esters (lactones) is 1. The molecule has 2 aromatic heterocycles. The normalized spacial score (nSPS) is 18.9. The number of carbonyl (C=O) groups excluding carboxylic acids is 1. The van der Waals surface area contributed by atoms with Gasteiger partial charge in [-0.1, -0.05) is 12.1 Å². The molecule has 2 aromatic carbocycles. The number of hydrogen-bond donors (Lipinski definition) is 3. The molecule has 0 bridgehead atoms. The second kappa shape index (κ2) is 11.5. The molecular formula is C30H31N7O4S. The van der Waals surface area contributed by atoms with Gasteiger partial charge in [-0.05, 0) is 56.6 Å². The molecule has 6 rings (SSSR count). The van der Waals surface area contributed by atoms with Crippen LogP contribution < -0.4 is 16.2 Å². The highest BCUT2D eigenvalue weighted by Crippen LogP contribution is 2.37. The number of nitriles is 1. The first kappa shape index (κ1) is 27.8. The van der Waals surface area contributed by atoms with Gasteiger partial charge in [0.2, 0.25) is 0 Å². The van der Waals surface area contributed by atoms with Gasteiger partial charge in [0.1, 0.15) is 23.5 Å². The van der Waals surface area contributed by atoms with Crippen molar-refractivity contribution in [2.75, 3.05) is 32.1 Å². The van der Waals surface area contributed by atoms with Crippen molar-refractivity contribution in [1.29, 1.82) is 5.26 Å². The molecule has 4 heterocycles. The van der Waals surface area contributed by atoms with Gasteiger partial charge < -0.3 is 25.4 Å². The molecule has 42 heavy (non-hydrogen) atoms. The van der Waals surface area contributed by atoms with Crippen LogP contribution in [0.2, 0.25) is 0 Å². The molecule has 1 amide bonds. The molecule has 0 aliphatic carbocycles. The number of likely N-dealkylation sites (N-methyl/N-ethyl adjacent to an activating group) is 1. The van der Waals surface area contributed by atoms with Gasteiger partial charge in [0.05, 0.1) is 40.0 Å². The Balaban J connectivity index is 1.40. The minimum atomic E-state index is -0.683. The summed E-state index contributed by atoms with van der Waals surface area (Å²) >= 11 is 1.40. The molecule has 3 N–H and O–H groups in total. The Kier molecular flexibility index (Phi) is 7.64. The fraction of sp³-hybridized carbons (Fsp3) is 0.367. The van der Waals surface area contributed by atoms with Gasteiger partial charge in [-0.3, -0.25) is 9.36 Å². The first-order chi connectivity index (χ1) is 20.3. The zero-order valence-electron chi connectivity index (χ0n) is 23.3. The summed E-state index contributed by atoms with van der Waals surface area (Å²) in [5, 5.41) is 27.5. The maximum Gasteiger partial charge on any atom is 0.410 e. The topological polar surface area (TPSA) is 145 Å². The third-order valence-electron chi connectivity index (χ3n) is 7.90. The fourth-order valence-corrected chi connectivity index (χ4v) is 6.57. The molecule has 2 saturated heterocycles. The van der Waals surface area contributed by atoms with Gasteiger partial charge in [-0.2, -0.15) is 5.26 Å². The summed E-state index contributed by atoms with van der Waals surface area (Å²) in [6.07, 6.45) is 2.20. The van der Waals surface area contributed by atoms with Gasteiger partial charge in [-0.15, -0.1) is 11.3 Å². The number of ether oxygens (including phenoxy) is 1. The maximum absolute atomic E-state index is 13.8. The number of amides is 1.